The highest BCUT2D eigenvalue weighted by Gasteiger charge is 2.42. The van der Waals surface area contributed by atoms with Crippen LogP contribution in [-0.2, 0) is 44.1 Å². The first kappa shape index (κ1) is 32.3. The van der Waals surface area contributed by atoms with Gasteiger partial charge in [0.2, 0.25) is 11.1 Å². The van der Waals surface area contributed by atoms with Crippen LogP contribution in [0.4, 0.5) is 10.5 Å². The van der Waals surface area contributed by atoms with Crippen molar-refractivity contribution in [2.24, 2.45) is 13.0 Å². The first-order valence-electron chi connectivity index (χ1n) is 15.1. The summed E-state index contributed by atoms with van der Waals surface area (Å²) in [6, 6.07) is 22.6. The molecule has 2 N–H and O–H groups in total. The van der Waals surface area contributed by atoms with Gasteiger partial charge >= 0.3 is 6.09 Å². The van der Waals surface area contributed by atoms with Crippen LogP contribution in [0.1, 0.15) is 48.0 Å². The molecule has 2 aliphatic rings. The lowest BCUT2D eigenvalue weighted by atomic mass is 9.91. The molecule has 0 spiro atoms. The number of aliphatic hydroxyl groups is 1. The van der Waals surface area contributed by atoms with E-state index in [0.29, 0.717) is 22.2 Å². The minimum atomic E-state index is -1.06. The van der Waals surface area contributed by atoms with Crippen molar-refractivity contribution in [1.82, 2.24) is 25.5 Å². The normalized spacial score (nSPS) is 22.8. The molecule has 244 valence electrons. The molecule has 3 aromatic carbocycles. The topological polar surface area (TPSA) is 158 Å². The Morgan fingerprint density at radius 1 is 1.02 bits per heavy atom. The van der Waals surface area contributed by atoms with Crippen LogP contribution in [0.25, 0.3) is 0 Å². The maximum Gasteiger partial charge on any atom is 0.408 e. The third-order valence-corrected chi connectivity index (χ3v) is 9.23. The van der Waals surface area contributed by atoms with Gasteiger partial charge in [0.25, 0.3) is 5.91 Å². The van der Waals surface area contributed by atoms with Crippen molar-refractivity contribution >= 4 is 35.4 Å². The number of anilines is 1. The van der Waals surface area contributed by atoms with Crippen LogP contribution < -0.4 is 10.2 Å². The van der Waals surface area contributed by atoms with Gasteiger partial charge in [-0.3, -0.25) is 9.59 Å². The van der Waals surface area contributed by atoms with Crippen LogP contribution in [0.15, 0.2) is 84.0 Å². The first-order chi connectivity index (χ1) is 22.8. The fourth-order valence-electron chi connectivity index (χ4n) is 5.54. The van der Waals surface area contributed by atoms with Gasteiger partial charge in [0.1, 0.15) is 12.6 Å². The fourth-order valence-corrected chi connectivity index (χ4v) is 6.56. The zero-order chi connectivity index (χ0) is 32.9. The molecule has 3 amide bonds. The molecule has 3 heterocycles. The van der Waals surface area contributed by atoms with Gasteiger partial charge in [-0.25, -0.2) is 14.4 Å². The lowest BCUT2D eigenvalue weighted by molar-refractivity contribution is -0.268. The van der Waals surface area contributed by atoms with Gasteiger partial charge in [-0.05, 0) is 39.2 Å². The van der Waals surface area contributed by atoms with E-state index in [2.05, 4.69) is 27.8 Å². The Bertz CT molecular complexity index is 1720. The third kappa shape index (κ3) is 7.36. The van der Waals surface area contributed by atoms with Crippen molar-refractivity contribution in [1.29, 1.82) is 0 Å². The van der Waals surface area contributed by atoms with Crippen LogP contribution in [0.3, 0.4) is 0 Å². The number of nitrogens with one attached hydrogen (secondary N) is 1. The zero-order valence-corrected chi connectivity index (χ0v) is 26.6. The summed E-state index contributed by atoms with van der Waals surface area (Å²) in [7, 11) is 1.77. The largest absolute Gasteiger partial charge is 0.445 e. The number of hydrogen-bond donors (Lipinski definition) is 2. The second kappa shape index (κ2) is 14.4. The summed E-state index contributed by atoms with van der Waals surface area (Å²) in [4.78, 5) is 39.9. The molecule has 6 rings (SSSR count). The minimum Gasteiger partial charge on any atom is -0.445 e. The standard InChI is InChI=1S/C33H34N6O7S/c1-20-27(19-47-32-35-36-37-38(32)2)45-31(46-29(20)23-13-11-21(17-40)12-14-23)24-9-6-10-25(15-24)39-28(41)16-26(30(39)42)34-33(43)44-18-22-7-4-3-5-8-22/h3-15,20,26-27,29,31,40H,16-19H2,1-2H3,(H,34,43)/t20-,26?,27+,29+,31+/m0/s1. The van der Waals surface area contributed by atoms with Gasteiger partial charge in [-0.2, -0.15) is 0 Å². The lowest BCUT2D eigenvalue weighted by Gasteiger charge is -2.41. The number of thioether (sulfide) groups is 1. The summed E-state index contributed by atoms with van der Waals surface area (Å²) in [6.07, 6.45) is -2.45. The van der Waals surface area contributed by atoms with E-state index >= 15 is 0 Å². The number of aromatic nitrogens is 4. The summed E-state index contributed by atoms with van der Waals surface area (Å²) >= 11 is 1.47. The van der Waals surface area contributed by atoms with E-state index in [9.17, 15) is 19.5 Å². The number of alkyl carbamates (subject to hydrolysis) is 1. The minimum absolute atomic E-state index is 0.0366. The number of hydrogen-bond acceptors (Lipinski definition) is 11. The average molecular weight is 659 g/mol. The number of tetrazole rings is 1. The highest BCUT2D eigenvalue weighted by atomic mass is 32.2. The average Bonchev–Trinajstić information content (AvgIpc) is 3.63. The Kier molecular flexibility index (Phi) is 9.92. The molecule has 5 atom stereocenters. The molecule has 2 saturated heterocycles. The number of benzene rings is 3. The van der Waals surface area contributed by atoms with Crippen LogP contribution >= 0.6 is 11.8 Å². The molecule has 2 fully saturated rings. The van der Waals surface area contributed by atoms with E-state index in [4.69, 9.17) is 14.2 Å². The molecule has 47 heavy (non-hydrogen) atoms. The van der Waals surface area contributed by atoms with Crippen molar-refractivity contribution < 1.29 is 33.7 Å². The van der Waals surface area contributed by atoms with E-state index < -0.39 is 30.2 Å². The van der Waals surface area contributed by atoms with Crippen molar-refractivity contribution in [3.8, 4) is 0 Å². The maximum atomic E-state index is 13.4. The van der Waals surface area contributed by atoms with Crippen molar-refractivity contribution in [2.45, 2.75) is 56.3 Å². The van der Waals surface area contributed by atoms with Crippen molar-refractivity contribution in [3.63, 3.8) is 0 Å². The Balaban J connectivity index is 1.18. The molecule has 0 bridgehead atoms. The summed E-state index contributed by atoms with van der Waals surface area (Å²) in [5.41, 5.74) is 3.46. The Morgan fingerprint density at radius 2 is 1.81 bits per heavy atom. The molecule has 0 radical (unpaired) electrons. The second-order valence-electron chi connectivity index (χ2n) is 11.3. The number of imide groups is 1. The second-order valence-corrected chi connectivity index (χ2v) is 12.3. The van der Waals surface area contributed by atoms with E-state index in [1.54, 1.807) is 29.9 Å². The summed E-state index contributed by atoms with van der Waals surface area (Å²) in [5, 5.41) is 24.4. The number of rotatable bonds is 10. The smallest absolute Gasteiger partial charge is 0.408 e. The fraction of sp³-hybridized carbons (Fsp3) is 0.333. The molecule has 2 aliphatic heterocycles. The number of aryl methyl sites for hydroxylation is 1. The molecular weight excluding hydrogens is 624 g/mol. The Hall–Kier alpha value is -4.63. The van der Waals surface area contributed by atoms with E-state index in [1.807, 2.05) is 60.7 Å². The monoisotopic (exact) mass is 658 g/mol. The summed E-state index contributed by atoms with van der Waals surface area (Å²) in [5.74, 6) is -0.542. The van der Waals surface area contributed by atoms with Crippen LogP contribution in [0.2, 0.25) is 0 Å². The van der Waals surface area contributed by atoms with Crippen LogP contribution in [-0.4, -0.2) is 61.1 Å². The predicted octanol–water partition coefficient (Wildman–Crippen LogP) is 3.84. The molecule has 13 nitrogen and oxygen atoms in total. The Morgan fingerprint density at radius 3 is 2.53 bits per heavy atom. The van der Waals surface area contributed by atoms with E-state index in [1.165, 1.54) is 11.8 Å². The molecule has 0 aliphatic carbocycles. The number of carbonyl (C=O) groups is 3. The number of aliphatic hydroxyl groups excluding tert-OH is 1. The van der Waals surface area contributed by atoms with E-state index in [-0.39, 0.29) is 37.8 Å². The van der Waals surface area contributed by atoms with Gasteiger partial charge in [0.15, 0.2) is 6.29 Å². The molecular formula is C33H34N6O7S. The summed E-state index contributed by atoms with van der Waals surface area (Å²) in [6.45, 7) is 2.02. The van der Waals surface area contributed by atoms with Gasteiger partial charge in [-0.15, -0.1) is 5.10 Å². The highest BCUT2D eigenvalue weighted by Crippen LogP contribution is 2.43. The first-order valence-corrected chi connectivity index (χ1v) is 16.1. The number of carbonyl (C=O) groups excluding carboxylic acids is 3. The molecule has 14 heteroatoms. The predicted molar refractivity (Wildman–Crippen MR) is 170 cm³/mol. The molecule has 4 aromatic rings. The van der Waals surface area contributed by atoms with Crippen molar-refractivity contribution in [3.05, 3.63) is 101 Å². The molecule has 1 aromatic heterocycles. The maximum absolute atomic E-state index is 13.4. The highest BCUT2D eigenvalue weighted by molar-refractivity contribution is 7.99. The lowest BCUT2D eigenvalue weighted by Crippen LogP contribution is -2.42. The molecule has 1 unspecified atom stereocenters. The summed E-state index contributed by atoms with van der Waals surface area (Å²) < 4.78 is 19.9. The quantitative estimate of drug-likeness (QED) is 0.188. The SMILES string of the molecule is C[C@H]1[C@@H](CSc2nnnn2C)O[C@@H](c2cccc(N3C(=O)CC(NC(=O)OCc4ccccc4)C3=O)c2)O[C@H]1c1ccc(CO)cc1. The zero-order valence-electron chi connectivity index (χ0n) is 25.8. The van der Waals surface area contributed by atoms with Gasteiger partial charge in [0.05, 0.1) is 30.9 Å². The van der Waals surface area contributed by atoms with Crippen LogP contribution in [0.5, 0.6) is 0 Å². The third-order valence-electron chi connectivity index (χ3n) is 8.13. The van der Waals surface area contributed by atoms with Crippen LogP contribution in [0, 0.1) is 5.92 Å². The number of ether oxygens (including phenoxy) is 3. The van der Waals surface area contributed by atoms with Gasteiger partial charge < -0.3 is 24.6 Å². The van der Waals surface area contributed by atoms with Gasteiger partial charge in [-0.1, -0.05) is 85.4 Å². The van der Waals surface area contributed by atoms with Crippen molar-refractivity contribution in [2.75, 3.05) is 10.7 Å². The van der Waals surface area contributed by atoms with E-state index in [0.717, 1.165) is 21.6 Å². The Labute approximate surface area is 275 Å². The molecule has 0 saturated carbocycles. The van der Waals surface area contributed by atoms with Gasteiger partial charge in [0, 0.05) is 24.3 Å². The number of nitrogens with zero attached hydrogens (tertiary/aromatic N) is 5. The number of amides is 3.